The van der Waals surface area contributed by atoms with Gasteiger partial charge in [-0.05, 0) is 31.7 Å². The van der Waals surface area contributed by atoms with Crippen molar-refractivity contribution in [1.82, 2.24) is 0 Å². The molecule has 2 atom stereocenters. The lowest BCUT2D eigenvalue weighted by Crippen LogP contribution is -2.31. The molecule has 2 nitrogen and oxygen atoms in total. The molecule has 0 heterocycles. The number of hydrogen-bond acceptors (Lipinski definition) is 2. The summed E-state index contributed by atoms with van der Waals surface area (Å²) in [6.07, 6.45) is 1.89. The van der Waals surface area contributed by atoms with Crippen molar-refractivity contribution in [2.75, 3.05) is 6.61 Å². The summed E-state index contributed by atoms with van der Waals surface area (Å²) < 4.78 is 32.3. The van der Waals surface area contributed by atoms with Crippen LogP contribution in [-0.2, 0) is 4.74 Å². The predicted octanol–water partition coefficient (Wildman–Crippen LogP) is 2.78. The number of benzene rings is 1. The Morgan fingerprint density at radius 2 is 2.12 bits per heavy atom. The van der Waals surface area contributed by atoms with Gasteiger partial charge in [0.1, 0.15) is 0 Å². The molecule has 17 heavy (non-hydrogen) atoms. The maximum absolute atomic E-state index is 13.6. The first-order valence-electron chi connectivity index (χ1n) is 5.96. The van der Waals surface area contributed by atoms with Crippen molar-refractivity contribution < 1.29 is 13.5 Å². The van der Waals surface area contributed by atoms with Crippen LogP contribution in [0.2, 0.25) is 0 Å². The predicted molar refractivity (Wildman–Crippen MR) is 61.4 cm³/mol. The molecule has 2 rings (SSSR count). The first kappa shape index (κ1) is 12.5. The van der Waals surface area contributed by atoms with Gasteiger partial charge >= 0.3 is 0 Å². The van der Waals surface area contributed by atoms with Crippen molar-refractivity contribution >= 4 is 0 Å². The Bertz CT molecular complexity index is 393. The molecule has 0 saturated heterocycles. The highest BCUT2D eigenvalue weighted by atomic mass is 19.2. The van der Waals surface area contributed by atoms with E-state index in [4.69, 9.17) is 10.5 Å². The highest BCUT2D eigenvalue weighted by Crippen LogP contribution is 2.39. The highest BCUT2D eigenvalue weighted by molar-refractivity contribution is 5.24. The quantitative estimate of drug-likeness (QED) is 0.860. The number of rotatable bonds is 5. The lowest BCUT2D eigenvalue weighted by molar-refractivity contribution is 0.0274. The maximum Gasteiger partial charge on any atom is 0.163 e. The average Bonchev–Trinajstić information content (AvgIpc) is 3.13. The molecule has 1 fully saturated rings. The van der Waals surface area contributed by atoms with Crippen LogP contribution in [-0.4, -0.2) is 12.7 Å². The minimum absolute atomic E-state index is 0.204. The van der Waals surface area contributed by atoms with Crippen molar-refractivity contribution in [3.05, 3.63) is 35.4 Å². The van der Waals surface area contributed by atoms with Crippen LogP contribution in [0.15, 0.2) is 18.2 Å². The Balaban J connectivity index is 2.21. The molecule has 0 bridgehead atoms. The van der Waals surface area contributed by atoms with E-state index in [0.29, 0.717) is 12.5 Å². The van der Waals surface area contributed by atoms with Crippen LogP contribution in [0.25, 0.3) is 0 Å². The van der Waals surface area contributed by atoms with Crippen LogP contribution in [0.1, 0.15) is 31.4 Å². The fourth-order valence-corrected chi connectivity index (χ4v) is 2.11. The molecule has 1 saturated carbocycles. The molecule has 1 aliphatic rings. The SMILES string of the molecule is CCOC(C1CC1)C(N)c1cccc(F)c1F. The smallest absolute Gasteiger partial charge is 0.163 e. The van der Waals surface area contributed by atoms with Crippen LogP contribution in [0.5, 0.6) is 0 Å². The van der Waals surface area contributed by atoms with E-state index < -0.39 is 17.7 Å². The van der Waals surface area contributed by atoms with E-state index >= 15 is 0 Å². The van der Waals surface area contributed by atoms with Gasteiger partial charge in [-0.2, -0.15) is 0 Å². The van der Waals surface area contributed by atoms with Crippen LogP contribution in [0.3, 0.4) is 0 Å². The summed E-state index contributed by atoms with van der Waals surface area (Å²) in [6.45, 7) is 2.41. The molecule has 1 aromatic rings. The zero-order chi connectivity index (χ0) is 12.4. The minimum atomic E-state index is -0.857. The number of hydrogen-bond donors (Lipinski definition) is 1. The first-order chi connectivity index (χ1) is 8.15. The van der Waals surface area contributed by atoms with E-state index in [2.05, 4.69) is 0 Å². The van der Waals surface area contributed by atoms with Crippen LogP contribution < -0.4 is 5.73 Å². The van der Waals surface area contributed by atoms with Crippen molar-refractivity contribution in [2.45, 2.75) is 31.9 Å². The molecule has 2 unspecified atom stereocenters. The molecule has 4 heteroatoms. The van der Waals surface area contributed by atoms with E-state index in [-0.39, 0.29) is 11.7 Å². The second kappa shape index (κ2) is 5.10. The van der Waals surface area contributed by atoms with E-state index in [1.807, 2.05) is 6.92 Å². The van der Waals surface area contributed by atoms with Gasteiger partial charge in [0.15, 0.2) is 11.6 Å². The number of nitrogens with two attached hydrogens (primary N) is 1. The van der Waals surface area contributed by atoms with Gasteiger partial charge in [-0.25, -0.2) is 8.78 Å². The van der Waals surface area contributed by atoms with E-state index in [9.17, 15) is 8.78 Å². The van der Waals surface area contributed by atoms with Gasteiger partial charge < -0.3 is 10.5 Å². The largest absolute Gasteiger partial charge is 0.376 e. The highest BCUT2D eigenvalue weighted by Gasteiger charge is 2.37. The molecule has 94 valence electrons. The number of ether oxygens (including phenoxy) is 1. The second-order valence-electron chi connectivity index (χ2n) is 4.43. The Labute approximate surface area is 99.8 Å². The van der Waals surface area contributed by atoms with E-state index in [1.165, 1.54) is 12.1 Å². The van der Waals surface area contributed by atoms with Gasteiger partial charge in [-0.3, -0.25) is 0 Å². The molecular formula is C13H17F2NO. The maximum atomic E-state index is 13.6. The summed E-state index contributed by atoms with van der Waals surface area (Å²) in [7, 11) is 0. The summed E-state index contributed by atoms with van der Waals surface area (Å²) in [5.41, 5.74) is 6.21. The summed E-state index contributed by atoms with van der Waals surface area (Å²) >= 11 is 0. The molecule has 0 amide bonds. The molecule has 0 spiro atoms. The minimum Gasteiger partial charge on any atom is -0.376 e. The van der Waals surface area contributed by atoms with E-state index in [0.717, 1.165) is 18.9 Å². The third-order valence-electron chi connectivity index (χ3n) is 3.14. The fourth-order valence-electron chi connectivity index (χ4n) is 2.11. The summed E-state index contributed by atoms with van der Waals surface area (Å²) in [4.78, 5) is 0. The molecule has 0 radical (unpaired) electrons. The van der Waals surface area contributed by atoms with Gasteiger partial charge in [0.05, 0.1) is 12.1 Å². The zero-order valence-corrected chi connectivity index (χ0v) is 9.83. The summed E-state index contributed by atoms with van der Waals surface area (Å²) in [5.74, 6) is -1.33. The van der Waals surface area contributed by atoms with Crippen LogP contribution in [0.4, 0.5) is 8.78 Å². The standard InChI is InChI=1S/C13H17F2NO/c1-2-17-13(8-6-7-8)12(16)9-4-3-5-10(14)11(9)15/h3-5,8,12-13H,2,6-7,16H2,1H3. The van der Waals surface area contributed by atoms with Crippen molar-refractivity contribution in [1.29, 1.82) is 0 Å². The third-order valence-corrected chi connectivity index (χ3v) is 3.14. The number of halogens is 2. The third kappa shape index (κ3) is 2.64. The molecule has 1 aromatic carbocycles. The van der Waals surface area contributed by atoms with Gasteiger partial charge in [0, 0.05) is 12.2 Å². The van der Waals surface area contributed by atoms with Gasteiger partial charge in [0.25, 0.3) is 0 Å². The molecule has 1 aliphatic carbocycles. The lowest BCUT2D eigenvalue weighted by Gasteiger charge is -2.24. The molecule has 0 aromatic heterocycles. The molecular weight excluding hydrogens is 224 g/mol. The monoisotopic (exact) mass is 241 g/mol. The van der Waals surface area contributed by atoms with Gasteiger partial charge in [0.2, 0.25) is 0 Å². The summed E-state index contributed by atoms with van der Waals surface area (Å²) in [5, 5.41) is 0. The van der Waals surface area contributed by atoms with Gasteiger partial charge in [-0.1, -0.05) is 12.1 Å². The molecule has 0 aliphatic heterocycles. The van der Waals surface area contributed by atoms with E-state index in [1.54, 1.807) is 0 Å². The van der Waals surface area contributed by atoms with Crippen molar-refractivity contribution in [3.63, 3.8) is 0 Å². The Kier molecular flexibility index (Phi) is 3.74. The second-order valence-corrected chi connectivity index (χ2v) is 4.43. The van der Waals surface area contributed by atoms with Crippen molar-refractivity contribution in [2.24, 2.45) is 11.7 Å². The zero-order valence-electron chi connectivity index (χ0n) is 9.83. The Morgan fingerprint density at radius 3 is 2.71 bits per heavy atom. The Morgan fingerprint density at radius 1 is 1.41 bits per heavy atom. The normalized spacial score (nSPS) is 19.1. The van der Waals surface area contributed by atoms with Crippen LogP contribution in [0, 0.1) is 17.6 Å². The van der Waals surface area contributed by atoms with Crippen LogP contribution >= 0.6 is 0 Å². The fraction of sp³-hybridized carbons (Fsp3) is 0.538. The molecule has 2 N–H and O–H groups in total. The lowest BCUT2D eigenvalue weighted by atomic mass is 9.98. The van der Waals surface area contributed by atoms with Crippen molar-refractivity contribution in [3.8, 4) is 0 Å². The topological polar surface area (TPSA) is 35.2 Å². The van der Waals surface area contributed by atoms with Gasteiger partial charge in [-0.15, -0.1) is 0 Å². The average molecular weight is 241 g/mol. The summed E-state index contributed by atoms with van der Waals surface area (Å²) in [6, 6.07) is 3.50. The Hall–Kier alpha value is -1.00. The first-order valence-corrected chi connectivity index (χ1v) is 5.96.